The molecule has 1 fully saturated rings. The monoisotopic (exact) mass is 362 g/mol. The second-order valence-electron chi connectivity index (χ2n) is 6.64. The van der Waals surface area contributed by atoms with E-state index in [0.717, 1.165) is 27.7 Å². The van der Waals surface area contributed by atoms with Crippen LogP contribution in [-0.2, 0) is 0 Å². The maximum Gasteiger partial charge on any atom is 0.146 e. The number of aromatic nitrogens is 5. The second kappa shape index (κ2) is 6.17. The summed E-state index contributed by atoms with van der Waals surface area (Å²) in [6.45, 7) is 2.06. The molecule has 5 rings (SSSR count). The van der Waals surface area contributed by atoms with Crippen LogP contribution in [0.4, 0.5) is 5.82 Å². The lowest BCUT2D eigenvalue weighted by Crippen LogP contribution is -2.11. The third-order valence-corrected chi connectivity index (χ3v) is 5.55. The van der Waals surface area contributed by atoms with E-state index in [-0.39, 0.29) is 6.04 Å². The van der Waals surface area contributed by atoms with E-state index in [1.54, 1.807) is 11.3 Å². The molecule has 1 atom stereocenters. The van der Waals surface area contributed by atoms with Crippen molar-refractivity contribution < 1.29 is 0 Å². The number of nitrogens with zero attached hydrogens (tertiary/aromatic N) is 4. The van der Waals surface area contributed by atoms with Gasteiger partial charge in [-0.1, -0.05) is 30.3 Å². The first-order valence-corrected chi connectivity index (χ1v) is 9.64. The fraction of sp³-hybridized carbons (Fsp3) is 0.263. The fourth-order valence-corrected chi connectivity index (χ4v) is 4.07. The van der Waals surface area contributed by atoms with Crippen molar-refractivity contribution in [2.24, 2.45) is 0 Å². The van der Waals surface area contributed by atoms with Crippen LogP contribution in [0, 0.1) is 0 Å². The quantitative estimate of drug-likeness (QED) is 0.545. The summed E-state index contributed by atoms with van der Waals surface area (Å²) in [6.07, 6.45) is 3.89. The molecule has 7 heteroatoms. The first kappa shape index (κ1) is 15.5. The lowest BCUT2D eigenvalue weighted by atomic mass is 10.1. The van der Waals surface area contributed by atoms with Gasteiger partial charge in [0.05, 0.1) is 11.4 Å². The summed E-state index contributed by atoms with van der Waals surface area (Å²) >= 11 is 1.68. The molecule has 1 aliphatic rings. The molecule has 0 radical (unpaired) electrons. The molecule has 1 aromatic carbocycles. The van der Waals surface area contributed by atoms with E-state index < -0.39 is 0 Å². The van der Waals surface area contributed by atoms with Gasteiger partial charge in [-0.2, -0.15) is 5.10 Å². The number of fused-ring (bicyclic) bond motifs is 1. The van der Waals surface area contributed by atoms with Crippen molar-refractivity contribution in [1.29, 1.82) is 0 Å². The van der Waals surface area contributed by atoms with Crippen molar-refractivity contribution in [3.8, 4) is 11.1 Å². The van der Waals surface area contributed by atoms with E-state index in [1.165, 1.54) is 30.3 Å². The molecule has 3 heterocycles. The second-order valence-corrected chi connectivity index (χ2v) is 7.50. The van der Waals surface area contributed by atoms with E-state index in [1.807, 2.05) is 6.07 Å². The van der Waals surface area contributed by atoms with Gasteiger partial charge in [-0.15, -0.1) is 11.3 Å². The van der Waals surface area contributed by atoms with Gasteiger partial charge in [0.2, 0.25) is 0 Å². The highest BCUT2D eigenvalue weighted by Gasteiger charge is 2.29. The minimum atomic E-state index is -0.0221. The average molecular weight is 362 g/mol. The Morgan fingerprint density at radius 1 is 1.19 bits per heavy atom. The number of nitrogens with one attached hydrogen (secondary N) is 2. The molecule has 130 valence electrons. The molecule has 0 spiro atoms. The van der Waals surface area contributed by atoms with Crippen molar-refractivity contribution in [3.05, 3.63) is 53.7 Å². The van der Waals surface area contributed by atoms with E-state index >= 15 is 0 Å². The molecule has 1 unspecified atom stereocenters. The molecule has 4 aromatic rings. The Morgan fingerprint density at radius 3 is 2.77 bits per heavy atom. The third kappa shape index (κ3) is 2.74. The highest BCUT2D eigenvalue weighted by atomic mass is 32.1. The molecule has 2 N–H and O–H groups in total. The van der Waals surface area contributed by atoms with E-state index in [4.69, 9.17) is 9.97 Å². The van der Waals surface area contributed by atoms with Crippen LogP contribution in [0.15, 0.2) is 42.0 Å². The summed E-state index contributed by atoms with van der Waals surface area (Å²) in [5, 5.41) is 13.7. The number of rotatable bonds is 5. The van der Waals surface area contributed by atoms with E-state index in [9.17, 15) is 0 Å². The van der Waals surface area contributed by atoms with Crippen molar-refractivity contribution >= 4 is 27.4 Å². The molecular weight excluding hydrogens is 344 g/mol. The average Bonchev–Trinajstić information content (AvgIpc) is 3.19. The molecule has 1 aliphatic carbocycles. The van der Waals surface area contributed by atoms with E-state index in [2.05, 4.69) is 57.1 Å². The van der Waals surface area contributed by atoms with Crippen molar-refractivity contribution in [2.75, 3.05) is 5.32 Å². The molecule has 0 amide bonds. The van der Waals surface area contributed by atoms with Crippen LogP contribution < -0.4 is 5.32 Å². The van der Waals surface area contributed by atoms with Gasteiger partial charge in [-0.3, -0.25) is 5.10 Å². The van der Waals surface area contributed by atoms with Gasteiger partial charge in [-0.05, 0) is 25.3 Å². The summed E-state index contributed by atoms with van der Waals surface area (Å²) < 4.78 is 0. The molecule has 0 aliphatic heterocycles. The Balaban J connectivity index is 1.64. The smallest absolute Gasteiger partial charge is 0.146 e. The summed E-state index contributed by atoms with van der Waals surface area (Å²) in [5.74, 6) is 3.12. The van der Waals surface area contributed by atoms with Crippen LogP contribution in [0.5, 0.6) is 0 Å². The molecule has 3 aromatic heterocycles. The molecule has 1 saturated carbocycles. The standard InChI is InChI=1S/C19H18N6S/c1-11(16-20-10-21-25-16)22-18-15-14(12-5-3-2-4-6-12)9-26-19(15)24-17(23-18)13-7-8-13/h2-6,9-11,13H,7-8H2,1H3,(H,20,21,25)(H,22,23,24). The predicted molar refractivity (Wildman–Crippen MR) is 103 cm³/mol. The Labute approximate surface area is 154 Å². The van der Waals surface area contributed by atoms with Gasteiger partial charge in [-0.25, -0.2) is 15.0 Å². The molecule has 0 bridgehead atoms. The maximum atomic E-state index is 4.89. The van der Waals surface area contributed by atoms with Gasteiger partial charge in [0.25, 0.3) is 0 Å². The zero-order valence-corrected chi connectivity index (χ0v) is 15.1. The largest absolute Gasteiger partial charge is 0.360 e. The lowest BCUT2D eigenvalue weighted by molar-refractivity contribution is 0.787. The van der Waals surface area contributed by atoms with Crippen LogP contribution >= 0.6 is 11.3 Å². The highest BCUT2D eigenvalue weighted by molar-refractivity contribution is 7.17. The Bertz CT molecular complexity index is 1040. The normalized spacial score (nSPS) is 15.3. The maximum absolute atomic E-state index is 4.89. The van der Waals surface area contributed by atoms with Crippen molar-refractivity contribution in [1.82, 2.24) is 25.1 Å². The topological polar surface area (TPSA) is 79.4 Å². The molecule has 26 heavy (non-hydrogen) atoms. The number of anilines is 1. The Kier molecular flexibility index (Phi) is 3.67. The Hall–Kier alpha value is -2.80. The van der Waals surface area contributed by atoms with E-state index in [0.29, 0.717) is 5.92 Å². The van der Waals surface area contributed by atoms with Crippen molar-refractivity contribution in [2.45, 2.75) is 31.7 Å². The van der Waals surface area contributed by atoms with Gasteiger partial charge in [0.15, 0.2) is 0 Å². The first-order valence-electron chi connectivity index (χ1n) is 8.76. The van der Waals surface area contributed by atoms with Crippen LogP contribution in [0.3, 0.4) is 0 Å². The fourth-order valence-electron chi connectivity index (χ4n) is 3.11. The number of hydrogen-bond acceptors (Lipinski definition) is 6. The predicted octanol–water partition coefficient (Wildman–Crippen LogP) is 4.53. The number of H-pyrrole nitrogens is 1. The third-order valence-electron chi connectivity index (χ3n) is 4.68. The summed E-state index contributed by atoms with van der Waals surface area (Å²) in [6, 6.07) is 10.4. The molecular formula is C19H18N6S. The van der Waals surface area contributed by atoms with Gasteiger partial charge < -0.3 is 5.32 Å². The number of aromatic amines is 1. The minimum Gasteiger partial charge on any atom is -0.360 e. The summed E-state index contributed by atoms with van der Waals surface area (Å²) in [5.41, 5.74) is 2.34. The SMILES string of the molecule is CC(Nc1nc(C2CC2)nc2scc(-c3ccccc3)c12)c1ncn[nH]1. The zero-order chi connectivity index (χ0) is 17.5. The van der Waals surface area contributed by atoms with Gasteiger partial charge in [0, 0.05) is 16.9 Å². The Morgan fingerprint density at radius 2 is 2.04 bits per heavy atom. The van der Waals surface area contributed by atoms with Crippen LogP contribution in [0.1, 0.15) is 43.4 Å². The summed E-state index contributed by atoms with van der Waals surface area (Å²) in [4.78, 5) is 15.0. The highest BCUT2D eigenvalue weighted by Crippen LogP contribution is 2.43. The van der Waals surface area contributed by atoms with Gasteiger partial charge in [0.1, 0.15) is 28.6 Å². The zero-order valence-electron chi connectivity index (χ0n) is 14.3. The lowest BCUT2D eigenvalue weighted by Gasteiger charge is -2.14. The minimum absolute atomic E-state index is 0.0221. The number of benzene rings is 1. The van der Waals surface area contributed by atoms with Crippen LogP contribution in [0.2, 0.25) is 0 Å². The van der Waals surface area contributed by atoms with Crippen molar-refractivity contribution in [3.63, 3.8) is 0 Å². The molecule has 0 saturated heterocycles. The number of hydrogen-bond donors (Lipinski definition) is 2. The molecule has 6 nitrogen and oxygen atoms in total. The first-order chi connectivity index (χ1) is 12.8. The number of thiophene rings is 1. The van der Waals surface area contributed by atoms with Crippen LogP contribution in [0.25, 0.3) is 21.3 Å². The summed E-state index contributed by atoms with van der Waals surface area (Å²) in [7, 11) is 0. The van der Waals surface area contributed by atoms with Gasteiger partial charge >= 0.3 is 0 Å². The van der Waals surface area contributed by atoms with Crippen LogP contribution in [-0.4, -0.2) is 25.1 Å².